The number of hydrogen-bond donors (Lipinski definition) is 2. The predicted molar refractivity (Wildman–Crippen MR) is 103 cm³/mol. The molecule has 132 valence electrons. The summed E-state index contributed by atoms with van der Waals surface area (Å²) in [5.41, 5.74) is 5.92. The molecular formula is C21H27N3O. The quantitative estimate of drug-likeness (QED) is 0.889. The Balaban J connectivity index is 1.52. The van der Waals surface area contributed by atoms with Crippen LogP contribution in [0.1, 0.15) is 29.2 Å². The maximum atomic E-state index is 12.3. The number of para-hydroxylation sites is 1. The minimum absolute atomic E-state index is 0.137. The number of anilines is 1. The highest BCUT2D eigenvalue weighted by molar-refractivity contribution is 5.90. The number of hydrogen-bond acceptors (Lipinski definition) is 2. The fraction of sp³-hybridized carbons (Fsp3) is 0.381. The Morgan fingerprint density at radius 2 is 1.76 bits per heavy atom. The molecule has 2 aromatic carbocycles. The fourth-order valence-corrected chi connectivity index (χ4v) is 3.43. The largest absolute Gasteiger partial charge is 0.336 e. The molecule has 4 heteroatoms. The number of nitrogens with one attached hydrogen (secondary N) is 2. The smallest absolute Gasteiger partial charge is 0.319 e. The molecule has 0 bridgehead atoms. The van der Waals surface area contributed by atoms with E-state index in [1.807, 2.05) is 32.0 Å². The zero-order valence-corrected chi connectivity index (χ0v) is 15.3. The van der Waals surface area contributed by atoms with E-state index < -0.39 is 0 Å². The summed E-state index contributed by atoms with van der Waals surface area (Å²) in [7, 11) is 0. The van der Waals surface area contributed by atoms with E-state index >= 15 is 0 Å². The Bertz CT molecular complexity index is 736. The van der Waals surface area contributed by atoms with Crippen molar-refractivity contribution in [1.82, 2.24) is 10.2 Å². The molecule has 0 fully saturated rings. The molecule has 1 aliphatic heterocycles. The second-order valence-corrected chi connectivity index (χ2v) is 6.94. The average Bonchev–Trinajstić information content (AvgIpc) is 2.62. The number of aryl methyl sites for hydroxylation is 2. The van der Waals surface area contributed by atoms with E-state index in [0.29, 0.717) is 12.6 Å². The van der Waals surface area contributed by atoms with Crippen molar-refractivity contribution >= 4 is 11.7 Å². The minimum atomic E-state index is -0.137. The van der Waals surface area contributed by atoms with Crippen molar-refractivity contribution in [2.24, 2.45) is 0 Å². The van der Waals surface area contributed by atoms with E-state index in [1.165, 1.54) is 11.1 Å². The van der Waals surface area contributed by atoms with Crippen LogP contribution in [0, 0.1) is 13.8 Å². The van der Waals surface area contributed by atoms with E-state index in [0.717, 1.165) is 36.3 Å². The Morgan fingerprint density at radius 3 is 2.48 bits per heavy atom. The van der Waals surface area contributed by atoms with Gasteiger partial charge in [0.15, 0.2) is 0 Å². The molecule has 25 heavy (non-hydrogen) atoms. The van der Waals surface area contributed by atoms with E-state index in [9.17, 15) is 4.79 Å². The van der Waals surface area contributed by atoms with Crippen molar-refractivity contribution < 1.29 is 4.79 Å². The number of nitrogens with zero attached hydrogens (tertiary/aromatic N) is 1. The molecule has 3 rings (SSSR count). The zero-order chi connectivity index (χ0) is 17.8. The van der Waals surface area contributed by atoms with Gasteiger partial charge in [0.1, 0.15) is 0 Å². The van der Waals surface area contributed by atoms with Crippen LogP contribution in [0.3, 0.4) is 0 Å². The zero-order valence-electron chi connectivity index (χ0n) is 15.3. The van der Waals surface area contributed by atoms with E-state index in [-0.39, 0.29) is 6.03 Å². The van der Waals surface area contributed by atoms with Crippen LogP contribution in [-0.2, 0) is 13.0 Å². The first kappa shape index (κ1) is 17.5. The van der Waals surface area contributed by atoms with Gasteiger partial charge in [0.25, 0.3) is 0 Å². The number of urea groups is 1. The third-order valence-electron chi connectivity index (χ3n) is 5.06. The summed E-state index contributed by atoms with van der Waals surface area (Å²) >= 11 is 0. The molecule has 0 saturated carbocycles. The van der Waals surface area contributed by atoms with Crippen molar-refractivity contribution in [3.63, 3.8) is 0 Å². The van der Waals surface area contributed by atoms with E-state index in [1.54, 1.807) is 0 Å². The molecule has 0 aliphatic carbocycles. The number of amides is 2. The number of fused-ring (bicyclic) bond motifs is 1. The first-order chi connectivity index (χ1) is 12.0. The van der Waals surface area contributed by atoms with Gasteiger partial charge in [0.05, 0.1) is 0 Å². The van der Waals surface area contributed by atoms with Crippen molar-refractivity contribution in [3.05, 3.63) is 64.7 Å². The van der Waals surface area contributed by atoms with Crippen LogP contribution in [0.2, 0.25) is 0 Å². The first-order valence-corrected chi connectivity index (χ1v) is 8.96. The van der Waals surface area contributed by atoms with Gasteiger partial charge in [-0.25, -0.2) is 4.79 Å². The number of benzene rings is 2. The summed E-state index contributed by atoms with van der Waals surface area (Å²) in [5, 5.41) is 6.00. The van der Waals surface area contributed by atoms with Gasteiger partial charge in [-0.3, -0.25) is 4.90 Å². The molecule has 1 aliphatic rings. The van der Waals surface area contributed by atoms with Gasteiger partial charge in [-0.2, -0.15) is 0 Å². The normalized spacial score (nSPS) is 15.3. The summed E-state index contributed by atoms with van der Waals surface area (Å²) in [6.45, 7) is 8.83. The SMILES string of the molecule is Cc1cccc(C)c1NC(=O)NCC(C)N1CCc2ccccc2C1. The molecular weight excluding hydrogens is 310 g/mol. The summed E-state index contributed by atoms with van der Waals surface area (Å²) in [6.07, 6.45) is 1.08. The second-order valence-electron chi connectivity index (χ2n) is 6.94. The number of carbonyl (C=O) groups excluding carboxylic acids is 1. The molecule has 0 aromatic heterocycles. The third kappa shape index (κ3) is 4.20. The van der Waals surface area contributed by atoms with Gasteiger partial charge in [0, 0.05) is 31.4 Å². The molecule has 0 saturated heterocycles. The Labute approximate surface area is 150 Å². The minimum Gasteiger partial charge on any atom is -0.336 e. The molecule has 4 nitrogen and oxygen atoms in total. The molecule has 1 atom stereocenters. The van der Waals surface area contributed by atoms with Gasteiger partial charge in [-0.15, -0.1) is 0 Å². The molecule has 1 unspecified atom stereocenters. The van der Waals surface area contributed by atoms with Crippen molar-refractivity contribution in [2.45, 2.75) is 39.8 Å². The van der Waals surface area contributed by atoms with Crippen LogP contribution in [0.25, 0.3) is 0 Å². The van der Waals surface area contributed by atoms with Crippen LogP contribution >= 0.6 is 0 Å². The fourth-order valence-electron chi connectivity index (χ4n) is 3.43. The maximum absolute atomic E-state index is 12.3. The van der Waals surface area contributed by atoms with Gasteiger partial charge < -0.3 is 10.6 Å². The van der Waals surface area contributed by atoms with Crippen LogP contribution in [0.4, 0.5) is 10.5 Å². The lowest BCUT2D eigenvalue weighted by Crippen LogP contribution is -2.45. The highest BCUT2D eigenvalue weighted by atomic mass is 16.2. The molecule has 2 amide bonds. The van der Waals surface area contributed by atoms with Crippen molar-refractivity contribution in [1.29, 1.82) is 0 Å². The number of rotatable bonds is 4. The molecule has 2 N–H and O–H groups in total. The summed E-state index contributed by atoms with van der Waals surface area (Å²) in [5.74, 6) is 0. The van der Waals surface area contributed by atoms with Crippen LogP contribution in [0.15, 0.2) is 42.5 Å². The molecule has 0 radical (unpaired) electrons. The van der Waals surface area contributed by atoms with Gasteiger partial charge >= 0.3 is 6.03 Å². The highest BCUT2D eigenvalue weighted by Crippen LogP contribution is 2.21. The van der Waals surface area contributed by atoms with Crippen molar-refractivity contribution in [3.8, 4) is 0 Å². The van der Waals surface area contributed by atoms with Crippen LogP contribution in [0.5, 0.6) is 0 Å². The third-order valence-corrected chi connectivity index (χ3v) is 5.06. The monoisotopic (exact) mass is 337 g/mol. The van der Waals surface area contributed by atoms with Crippen molar-refractivity contribution in [2.75, 3.05) is 18.4 Å². The maximum Gasteiger partial charge on any atom is 0.319 e. The molecule has 1 heterocycles. The Morgan fingerprint density at radius 1 is 1.08 bits per heavy atom. The Hall–Kier alpha value is -2.33. The van der Waals surface area contributed by atoms with E-state index in [4.69, 9.17) is 0 Å². The number of carbonyl (C=O) groups is 1. The van der Waals surface area contributed by atoms with Gasteiger partial charge in [0.2, 0.25) is 0 Å². The predicted octanol–water partition coefficient (Wildman–Crippen LogP) is 3.87. The summed E-state index contributed by atoms with van der Waals surface area (Å²) in [6, 6.07) is 14.8. The highest BCUT2D eigenvalue weighted by Gasteiger charge is 2.20. The van der Waals surface area contributed by atoms with Crippen LogP contribution < -0.4 is 10.6 Å². The van der Waals surface area contributed by atoms with Gasteiger partial charge in [-0.1, -0.05) is 42.5 Å². The topological polar surface area (TPSA) is 44.4 Å². The molecule has 2 aromatic rings. The average molecular weight is 337 g/mol. The summed E-state index contributed by atoms with van der Waals surface area (Å²) < 4.78 is 0. The van der Waals surface area contributed by atoms with E-state index in [2.05, 4.69) is 46.7 Å². The Kier molecular flexibility index (Phi) is 5.39. The summed E-state index contributed by atoms with van der Waals surface area (Å²) in [4.78, 5) is 14.7. The molecule has 0 spiro atoms. The second kappa shape index (κ2) is 7.70. The van der Waals surface area contributed by atoms with Gasteiger partial charge in [-0.05, 0) is 49.4 Å². The lowest BCUT2D eigenvalue weighted by atomic mass is 9.99. The lowest BCUT2D eigenvalue weighted by Gasteiger charge is -2.33. The lowest BCUT2D eigenvalue weighted by molar-refractivity contribution is 0.186. The standard InChI is InChI=1S/C21H27N3O/c1-15-7-6-8-16(2)20(15)23-21(25)22-13-17(3)24-12-11-18-9-4-5-10-19(18)14-24/h4-10,17H,11-14H2,1-3H3,(H2,22,23,25). The van der Waals surface area contributed by atoms with Crippen LogP contribution in [-0.4, -0.2) is 30.1 Å². The first-order valence-electron chi connectivity index (χ1n) is 8.96.